The molecular formula is C14H18N4S. The Morgan fingerprint density at radius 2 is 2.00 bits per heavy atom. The monoisotopic (exact) mass is 274 g/mol. The first-order valence-corrected chi connectivity index (χ1v) is 7.79. The minimum atomic E-state index is 0.371. The van der Waals surface area contributed by atoms with Gasteiger partial charge in [0.05, 0.1) is 5.39 Å². The van der Waals surface area contributed by atoms with Crippen molar-refractivity contribution in [3.8, 4) is 0 Å². The van der Waals surface area contributed by atoms with Crippen molar-refractivity contribution in [3.63, 3.8) is 0 Å². The van der Waals surface area contributed by atoms with Crippen molar-refractivity contribution in [3.05, 3.63) is 17.3 Å². The molecule has 100 valence electrons. The Morgan fingerprint density at radius 3 is 2.74 bits per heavy atom. The molecule has 2 saturated heterocycles. The first-order chi connectivity index (χ1) is 9.22. The predicted octanol–water partition coefficient (Wildman–Crippen LogP) is 2.46. The van der Waals surface area contributed by atoms with Crippen molar-refractivity contribution in [2.75, 3.05) is 4.90 Å². The van der Waals surface area contributed by atoms with Gasteiger partial charge in [0, 0.05) is 23.0 Å². The Labute approximate surface area is 116 Å². The van der Waals surface area contributed by atoms with Gasteiger partial charge in [-0.3, -0.25) is 0 Å². The highest BCUT2D eigenvalue weighted by molar-refractivity contribution is 7.18. The van der Waals surface area contributed by atoms with Crippen LogP contribution < -0.4 is 10.6 Å². The molecule has 2 aliphatic heterocycles. The average molecular weight is 274 g/mol. The fraction of sp³-hybridized carbons (Fsp3) is 0.571. The molecule has 4 nitrogen and oxygen atoms in total. The second-order valence-electron chi connectivity index (χ2n) is 5.80. The molecule has 0 saturated carbocycles. The molecule has 2 fully saturated rings. The Hall–Kier alpha value is -1.20. The Bertz CT molecular complexity index is 609. The molecule has 2 N–H and O–H groups in total. The molecule has 4 heterocycles. The van der Waals surface area contributed by atoms with Crippen LogP contribution in [0, 0.1) is 6.92 Å². The summed E-state index contributed by atoms with van der Waals surface area (Å²) < 4.78 is 0. The normalized spacial score (nSPS) is 30.2. The zero-order chi connectivity index (χ0) is 13.0. The first kappa shape index (κ1) is 11.6. The molecule has 2 aliphatic rings. The van der Waals surface area contributed by atoms with E-state index in [2.05, 4.69) is 27.9 Å². The van der Waals surface area contributed by atoms with Gasteiger partial charge in [0.2, 0.25) is 0 Å². The molecule has 4 rings (SSSR count). The largest absolute Gasteiger partial charge is 0.350 e. The van der Waals surface area contributed by atoms with Gasteiger partial charge in [0.1, 0.15) is 17.0 Å². The van der Waals surface area contributed by atoms with Gasteiger partial charge in [-0.15, -0.1) is 11.3 Å². The van der Waals surface area contributed by atoms with E-state index in [1.165, 1.54) is 23.1 Å². The van der Waals surface area contributed by atoms with Gasteiger partial charge in [-0.2, -0.15) is 0 Å². The van der Waals surface area contributed by atoms with Crippen molar-refractivity contribution in [2.24, 2.45) is 5.73 Å². The van der Waals surface area contributed by atoms with E-state index in [1.54, 1.807) is 17.7 Å². The van der Waals surface area contributed by atoms with E-state index in [0.717, 1.165) is 23.5 Å². The quantitative estimate of drug-likeness (QED) is 0.868. The summed E-state index contributed by atoms with van der Waals surface area (Å²) in [5.41, 5.74) is 6.16. The number of thiophene rings is 1. The third-order valence-electron chi connectivity index (χ3n) is 4.45. The summed E-state index contributed by atoms with van der Waals surface area (Å²) in [6.07, 6.45) is 6.43. The third-order valence-corrected chi connectivity index (χ3v) is 5.40. The van der Waals surface area contributed by atoms with Crippen LogP contribution in [0.15, 0.2) is 12.4 Å². The third kappa shape index (κ3) is 1.75. The summed E-state index contributed by atoms with van der Waals surface area (Å²) in [7, 11) is 0. The summed E-state index contributed by atoms with van der Waals surface area (Å²) in [5.74, 6) is 1.13. The summed E-state index contributed by atoms with van der Waals surface area (Å²) in [4.78, 5) is 13.9. The van der Waals surface area contributed by atoms with Crippen molar-refractivity contribution in [1.29, 1.82) is 0 Å². The maximum atomic E-state index is 6.16. The molecule has 0 aliphatic carbocycles. The fourth-order valence-electron chi connectivity index (χ4n) is 3.73. The zero-order valence-corrected chi connectivity index (χ0v) is 11.9. The van der Waals surface area contributed by atoms with Crippen molar-refractivity contribution < 1.29 is 0 Å². The number of hydrogen-bond donors (Lipinski definition) is 1. The molecule has 2 unspecified atom stereocenters. The Morgan fingerprint density at radius 1 is 1.26 bits per heavy atom. The van der Waals surface area contributed by atoms with E-state index in [4.69, 9.17) is 5.73 Å². The number of hydrogen-bond acceptors (Lipinski definition) is 5. The minimum Gasteiger partial charge on any atom is -0.350 e. The molecule has 2 bridgehead atoms. The number of nitrogens with two attached hydrogens (primary N) is 1. The number of fused-ring (bicyclic) bond motifs is 3. The molecule has 2 aromatic rings. The Balaban J connectivity index is 1.82. The van der Waals surface area contributed by atoms with Gasteiger partial charge in [-0.05, 0) is 38.7 Å². The Kier molecular flexibility index (Phi) is 2.53. The average Bonchev–Trinajstić information content (AvgIpc) is 2.87. The van der Waals surface area contributed by atoms with Crippen LogP contribution in [0.1, 0.15) is 30.6 Å². The number of piperidine rings is 1. The lowest BCUT2D eigenvalue weighted by Crippen LogP contribution is -2.47. The second-order valence-corrected chi connectivity index (χ2v) is 7.03. The molecule has 2 atom stereocenters. The van der Waals surface area contributed by atoms with Gasteiger partial charge in [0.15, 0.2) is 0 Å². The van der Waals surface area contributed by atoms with E-state index in [0.29, 0.717) is 18.1 Å². The standard InChI is InChI=1S/C14H18N4S/c1-8-4-12-13(16-7-17-14(12)19-8)18-10-2-3-11(18)6-9(15)5-10/h4,7,9-11H,2-3,5-6,15H2,1H3. The van der Waals surface area contributed by atoms with Crippen molar-refractivity contribution in [1.82, 2.24) is 9.97 Å². The highest BCUT2D eigenvalue weighted by atomic mass is 32.1. The van der Waals surface area contributed by atoms with Crippen LogP contribution >= 0.6 is 11.3 Å². The van der Waals surface area contributed by atoms with Crippen LogP contribution in [0.4, 0.5) is 5.82 Å². The van der Waals surface area contributed by atoms with Crippen LogP contribution in [0.3, 0.4) is 0 Å². The predicted molar refractivity (Wildman–Crippen MR) is 78.7 cm³/mol. The maximum Gasteiger partial charge on any atom is 0.141 e. The summed E-state index contributed by atoms with van der Waals surface area (Å²) in [6, 6.07) is 3.75. The minimum absolute atomic E-state index is 0.371. The first-order valence-electron chi connectivity index (χ1n) is 6.97. The number of nitrogens with zero attached hydrogens (tertiary/aromatic N) is 3. The van der Waals surface area contributed by atoms with Crippen LogP contribution in [-0.2, 0) is 0 Å². The molecule has 0 spiro atoms. The smallest absolute Gasteiger partial charge is 0.141 e. The number of rotatable bonds is 1. The lowest BCUT2D eigenvalue weighted by atomic mass is 9.98. The number of aryl methyl sites for hydroxylation is 1. The van der Waals surface area contributed by atoms with Crippen LogP contribution in [-0.4, -0.2) is 28.1 Å². The molecular weight excluding hydrogens is 256 g/mol. The lowest BCUT2D eigenvalue weighted by Gasteiger charge is -2.38. The molecule has 2 aromatic heterocycles. The SMILES string of the molecule is Cc1cc2c(N3C4CCC3CC(N)C4)ncnc2s1. The fourth-order valence-corrected chi connectivity index (χ4v) is 4.58. The van der Waals surface area contributed by atoms with Crippen molar-refractivity contribution >= 4 is 27.4 Å². The van der Waals surface area contributed by atoms with Crippen molar-refractivity contribution in [2.45, 2.75) is 50.7 Å². The van der Waals surface area contributed by atoms with E-state index in [-0.39, 0.29) is 0 Å². The van der Waals surface area contributed by atoms with Crippen LogP contribution in [0.25, 0.3) is 10.2 Å². The highest BCUT2D eigenvalue weighted by Gasteiger charge is 2.40. The summed E-state index contributed by atoms with van der Waals surface area (Å²) >= 11 is 1.75. The van der Waals surface area contributed by atoms with Gasteiger partial charge < -0.3 is 10.6 Å². The van der Waals surface area contributed by atoms with E-state index in [1.807, 2.05) is 0 Å². The zero-order valence-electron chi connectivity index (χ0n) is 11.0. The molecule has 0 amide bonds. The molecule has 0 radical (unpaired) electrons. The topological polar surface area (TPSA) is 55.0 Å². The summed E-state index contributed by atoms with van der Waals surface area (Å²) in [6.45, 7) is 2.14. The van der Waals surface area contributed by atoms with Gasteiger partial charge in [-0.25, -0.2) is 9.97 Å². The molecule has 19 heavy (non-hydrogen) atoms. The highest BCUT2D eigenvalue weighted by Crippen LogP contribution is 2.41. The van der Waals surface area contributed by atoms with Gasteiger partial charge >= 0.3 is 0 Å². The maximum absolute atomic E-state index is 6.16. The van der Waals surface area contributed by atoms with E-state index < -0.39 is 0 Å². The molecule has 0 aromatic carbocycles. The van der Waals surface area contributed by atoms with Gasteiger partial charge in [0.25, 0.3) is 0 Å². The number of anilines is 1. The van der Waals surface area contributed by atoms with Crippen LogP contribution in [0.2, 0.25) is 0 Å². The lowest BCUT2D eigenvalue weighted by molar-refractivity contribution is 0.413. The van der Waals surface area contributed by atoms with Gasteiger partial charge in [-0.1, -0.05) is 0 Å². The number of aromatic nitrogens is 2. The molecule has 5 heteroatoms. The van der Waals surface area contributed by atoms with E-state index >= 15 is 0 Å². The van der Waals surface area contributed by atoms with Crippen LogP contribution in [0.5, 0.6) is 0 Å². The summed E-state index contributed by atoms with van der Waals surface area (Å²) in [5, 5.41) is 1.22. The van der Waals surface area contributed by atoms with E-state index in [9.17, 15) is 0 Å². The second kappa shape index (κ2) is 4.15.